The second-order valence-electron chi connectivity index (χ2n) is 2.73. The summed E-state index contributed by atoms with van der Waals surface area (Å²) in [5.41, 5.74) is 1.17. The number of hydrogen-bond acceptors (Lipinski definition) is 3. The van der Waals surface area contributed by atoms with Crippen LogP contribution < -0.4 is 0 Å². The number of rotatable bonds is 4. The van der Waals surface area contributed by atoms with E-state index in [9.17, 15) is 4.79 Å². The largest absolute Gasteiger partial charge is 0.297 e. The van der Waals surface area contributed by atoms with Crippen molar-refractivity contribution in [3.8, 4) is 0 Å². The SMILES string of the molecule is Cc1cc(C=O)sc1C=CCCS. The minimum absolute atomic E-state index is 0.794. The van der Waals surface area contributed by atoms with Gasteiger partial charge in [-0.3, -0.25) is 4.79 Å². The Morgan fingerprint density at radius 2 is 2.38 bits per heavy atom. The molecule has 0 amide bonds. The zero-order valence-corrected chi connectivity index (χ0v) is 9.20. The van der Waals surface area contributed by atoms with Gasteiger partial charge in [0.05, 0.1) is 4.88 Å². The molecular weight excluding hydrogens is 200 g/mol. The molecule has 70 valence electrons. The van der Waals surface area contributed by atoms with Crippen molar-refractivity contribution in [1.29, 1.82) is 0 Å². The van der Waals surface area contributed by atoms with E-state index in [4.69, 9.17) is 0 Å². The maximum absolute atomic E-state index is 10.5. The molecule has 0 saturated heterocycles. The van der Waals surface area contributed by atoms with Crippen LogP contribution in [0.5, 0.6) is 0 Å². The summed E-state index contributed by atoms with van der Waals surface area (Å²) in [6, 6.07) is 1.91. The van der Waals surface area contributed by atoms with Crippen molar-refractivity contribution in [1.82, 2.24) is 0 Å². The molecule has 0 aliphatic carbocycles. The minimum Gasteiger partial charge on any atom is -0.297 e. The first kappa shape index (κ1) is 10.5. The van der Waals surface area contributed by atoms with Gasteiger partial charge in [0, 0.05) is 4.88 Å². The molecule has 13 heavy (non-hydrogen) atoms. The van der Waals surface area contributed by atoms with E-state index >= 15 is 0 Å². The van der Waals surface area contributed by atoms with Gasteiger partial charge in [-0.1, -0.05) is 6.08 Å². The van der Waals surface area contributed by atoms with Crippen LogP contribution in [0.1, 0.15) is 26.5 Å². The van der Waals surface area contributed by atoms with Crippen molar-refractivity contribution in [3.05, 3.63) is 27.5 Å². The minimum atomic E-state index is 0.794. The van der Waals surface area contributed by atoms with Gasteiger partial charge in [-0.25, -0.2) is 0 Å². The summed E-state index contributed by atoms with van der Waals surface area (Å²) in [6.45, 7) is 2.02. The van der Waals surface area contributed by atoms with E-state index in [1.165, 1.54) is 21.8 Å². The van der Waals surface area contributed by atoms with Gasteiger partial charge in [-0.2, -0.15) is 12.6 Å². The molecule has 0 radical (unpaired) electrons. The van der Waals surface area contributed by atoms with Crippen molar-refractivity contribution < 1.29 is 4.79 Å². The van der Waals surface area contributed by atoms with Crippen molar-refractivity contribution in [2.45, 2.75) is 13.3 Å². The Bertz CT molecular complexity index is 313. The van der Waals surface area contributed by atoms with Crippen LogP contribution >= 0.6 is 24.0 Å². The van der Waals surface area contributed by atoms with Crippen molar-refractivity contribution in [2.75, 3.05) is 5.75 Å². The van der Waals surface area contributed by atoms with Crippen LogP contribution in [0, 0.1) is 6.92 Å². The second-order valence-corrected chi connectivity index (χ2v) is 4.29. The summed E-state index contributed by atoms with van der Waals surface area (Å²) in [7, 11) is 0. The van der Waals surface area contributed by atoms with Gasteiger partial charge in [-0.05, 0) is 36.8 Å². The van der Waals surface area contributed by atoms with Crippen LogP contribution in [0.25, 0.3) is 6.08 Å². The van der Waals surface area contributed by atoms with Crippen LogP contribution in [-0.4, -0.2) is 12.0 Å². The number of allylic oxidation sites excluding steroid dienone is 1. The normalized spacial score (nSPS) is 10.9. The summed E-state index contributed by atoms with van der Waals surface area (Å²) in [5, 5.41) is 0. The third kappa shape index (κ3) is 3.01. The Morgan fingerprint density at radius 3 is 2.92 bits per heavy atom. The summed E-state index contributed by atoms with van der Waals surface area (Å²) in [5.74, 6) is 0.863. The molecule has 0 saturated carbocycles. The predicted octanol–water partition coefficient (Wildman–Crippen LogP) is 3.20. The van der Waals surface area contributed by atoms with E-state index in [1.807, 2.05) is 13.0 Å². The van der Waals surface area contributed by atoms with E-state index in [0.29, 0.717) is 0 Å². The Hall–Kier alpha value is -0.540. The quantitative estimate of drug-likeness (QED) is 0.599. The van der Waals surface area contributed by atoms with Crippen LogP contribution in [0.4, 0.5) is 0 Å². The highest BCUT2D eigenvalue weighted by Gasteiger charge is 2.00. The lowest BCUT2D eigenvalue weighted by molar-refractivity contribution is 0.112. The first-order valence-corrected chi connectivity index (χ1v) is 5.56. The molecule has 1 aromatic rings. The lowest BCUT2D eigenvalue weighted by Gasteiger charge is -1.87. The Kier molecular flexibility index (Phi) is 4.25. The molecular formula is C10H12OS2. The second kappa shape index (κ2) is 5.25. The summed E-state index contributed by atoms with van der Waals surface area (Å²) in [4.78, 5) is 12.4. The first-order valence-electron chi connectivity index (χ1n) is 4.11. The smallest absolute Gasteiger partial charge is 0.160 e. The van der Waals surface area contributed by atoms with Crippen molar-refractivity contribution in [3.63, 3.8) is 0 Å². The van der Waals surface area contributed by atoms with Crippen LogP contribution in [0.15, 0.2) is 12.1 Å². The summed E-state index contributed by atoms with van der Waals surface area (Å²) in [6.07, 6.45) is 6.01. The fourth-order valence-corrected chi connectivity index (χ4v) is 2.08. The molecule has 0 unspecified atom stereocenters. The topological polar surface area (TPSA) is 17.1 Å². The zero-order chi connectivity index (χ0) is 9.68. The Labute approximate surface area is 87.9 Å². The van der Waals surface area contributed by atoms with Crippen LogP contribution in [0.2, 0.25) is 0 Å². The molecule has 0 aliphatic heterocycles. The molecule has 1 heterocycles. The Morgan fingerprint density at radius 1 is 1.62 bits per heavy atom. The molecule has 0 N–H and O–H groups in total. The van der Waals surface area contributed by atoms with E-state index in [-0.39, 0.29) is 0 Å². The molecule has 1 nitrogen and oxygen atoms in total. The molecule has 0 aromatic carbocycles. The molecule has 1 rings (SSSR count). The van der Waals surface area contributed by atoms with Crippen molar-refractivity contribution >= 4 is 36.3 Å². The number of aldehydes is 1. The van der Waals surface area contributed by atoms with Crippen LogP contribution in [0.3, 0.4) is 0 Å². The number of thiophene rings is 1. The number of carbonyl (C=O) groups excluding carboxylic acids is 1. The average Bonchev–Trinajstić information content (AvgIpc) is 2.48. The molecule has 1 aromatic heterocycles. The predicted molar refractivity (Wildman–Crippen MR) is 61.9 cm³/mol. The lowest BCUT2D eigenvalue weighted by atomic mass is 10.2. The Balaban J connectivity index is 2.76. The molecule has 0 atom stereocenters. The van der Waals surface area contributed by atoms with Gasteiger partial charge in [0.15, 0.2) is 6.29 Å². The van der Waals surface area contributed by atoms with Gasteiger partial charge in [0.1, 0.15) is 0 Å². The lowest BCUT2D eigenvalue weighted by Crippen LogP contribution is -1.69. The fourth-order valence-electron chi connectivity index (χ4n) is 1.01. The molecule has 0 aliphatic rings. The third-order valence-electron chi connectivity index (χ3n) is 1.66. The van der Waals surface area contributed by atoms with E-state index in [2.05, 4.69) is 24.8 Å². The van der Waals surface area contributed by atoms with E-state index < -0.39 is 0 Å². The standard InChI is InChI=1S/C10H12OS2/c1-8-6-9(7-11)13-10(8)4-2-3-5-12/h2,4,6-7,12H,3,5H2,1H3. The van der Waals surface area contributed by atoms with Gasteiger partial charge >= 0.3 is 0 Å². The van der Waals surface area contributed by atoms with Gasteiger partial charge in [-0.15, -0.1) is 11.3 Å². The average molecular weight is 212 g/mol. The molecule has 0 bridgehead atoms. The first-order chi connectivity index (χ1) is 6.27. The highest BCUT2D eigenvalue weighted by atomic mass is 32.1. The highest BCUT2D eigenvalue weighted by molar-refractivity contribution is 7.80. The maximum Gasteiger partial charge on any atom is 0.160 e. The van der Waals surface area contributed by atoms with E-state index in [1.54, 1.807) is 0 Å². The molecule has 3 heteroatoms. The summed E-state index contributed by atoms with van der Waals surface area (Å²) < 4.78 is 0. The van der Waals surface area contributed by atoms with Crippen molar-refractivity contribution in [2.24, 2.45) is 0 Å². The maximum atomic E-state index is 10.5. The summed E-state index contributed by atoms with van der Waals surface area (Å²) >= 11 is 5.64. The number of hydrogen-bond donors (Lipinski definition) is 1. The van der Waals surface area contributed by atoms with Gasteiger partial charge in [0.25, 0.3) is 0 Å². The highest BCUT2D eigenvalue weighted by Crippen LogP contribution is 2.21. The molecule has 0 spiro atoms. The van der Waals surface area contributed by atoms with Gasteiger partial charge < -0.3 is 0 Å². The molecule has 0 fully saturated rings. The van der Waals surface area contributed by atoms with E-state index in [0.717, 1.165) is 23.3 Å². The number of carbonyl (C=O) groups is 1. The fraction of sp³-hybridized carbons (Fsp3) is 0.300. The number of thiol groups is 1. The third-order valence-corrected chi connectivity index (χ3v) is 3.04. The zero-order valence-electron chi connectivity index (χ0n) is 7.49. The van der Waals surface area contributed by atoms with Gasteiger partial charge in [0.2, 0.25) is 0 Å². The van der Waals surface area contributed by atoms with Crippen LogP contribution in [-0.2, 0) is 0 Å². The number of aryl methyl sites for hydroxylation is 1. The monoisotopic (exact) mass is 212 g/mol.